The molecule has 0 aliphatic carbocycles. The van der Waals surface area contributed by atoms with Gasteiger partial charge in [0.25, 0.3) is 0 Å². The Morgan fingerprint density at radius 2 is 2.04 bits per heavy atom. The summed E-state index contributed by atoms with van der Waals surface area (Å²) in [5, 5.41) is 36.7. The minimum Gasteiger partial charge on any atom is -0.478 e. The van der Waals surface area contributed by atoms with Gasteiger partial charge in [-0.05, 0) is 33.7 Å². The van der Waals surface area contributed by atoms with Crippen LogP contribution in [0.2, 0.25) is 0 Å². The van der Waals surface area contributed by atoms with Crippen LogP contribution in [-0.2, 0) is 13.0 Å². The van der Waals surface area contributed by atoms with Crippen LogP contribution in [0, 0.1) is 0 Å². The molecule has 0 saturated heterocycles. The van der Waals surface area contributed by atoms with Crippen molar-refractivity contribution in [2.45, 2.75) is 13.0 Å². The summed E-state index contributed by atoms with van der Waals surface area (Å²) in [5.74, 6) is -0.0403. The topological polar surface area (TPSA) is 135 Å². The Balaban J connectivity index is 1.62. The molecule has 25 heavy (non-hydrogen) atoms. The number of tetrazole rings is 2. The molecule has 10 nitrogen and oxygen atoms in total. The lowest BCUT2D eigenvalue weighted by Gasteiger charge is -2.07. The fourth-order valence-electron chi connectivity index (χ4n) is 2.62. The number of aromatic nitrogens is 8. The number of nitrogens with one attached hydrogen (secondary N) is 1. The number of carbonyl (C=O) groups is 1. The number of aromatic carboxylic acids is 1. The Kier molecular flexibility index (Phi) is 3.61. The van der Waals surface area contributed by atoms with Gasteiger partial charge in [0.15, 0.2) is 11.6 Å². The first-order valence-electron chi connectivity index (χ1n) is 7.43. The molecule has 10 heteroatoms. The molecule has 0 radical (unpaired) electrons. The standard InChI is InChI=1S/C15H12N8O2/c24-15(25)12-6-9(5-10-3-1-2-4-11(10)12)8-23-19-14(18-22-23)7-13-16-20-21-17-13/h1-6H,7-8H2,(H,24,25)(H,16,17,20,21). The van der Waals surface area contributed by atoms with Crippen molar-refractivity contribution in [1.82, 2.24) is 40.8 Å². The number of carboxylic acids is 1. The van der Waals surface area contributed by atoms with Crippen LogP contribution >= 0.6 is 0 Å². The van der Waals surface area contributed by atoms with Gasteiger partial charge in [0.2, 0.25) is 0 Å². The van der Waals surface area contributed by atoms with Crippen molar-refractivity contribution in [1.29, 1.82) is 0 Å². The number of H-pyrrole nitrogens is 1. The van der Waals surface area contributed by atoms with E-state index in [4.69, 9.17) is 0 Å². The number of benzene rings is 2. The smallest absolute Gasteiger partial charge is 0.336 e. The first kappa shape index (κ1) is 14.9. The average Bonchev–Trinajstić information content (AvgIpc) is 3.26. The van der Waals surface area contributed by atoms with E-state index in [0.29, 0.717) is 30.0 Å². The number of aromatic amines is 1. The quantitative estimate of drug-likeness (QED) is 0.543. The molecule has 0 bridgehead atoms. The minimum absolute atomic E-state index is 0.250. The van der Waals surface area contributed by atoms with Gasteiger partial charge in [-0.3, -0.25) is 0 Å². The highest BCUT2D eigenvalue weighted by Crippen LogP contribution is 2.21. The summed E-state index contributed by atoms with van der Waals surface area (Å²) in [6.07, 6.45) is 0.314. The van der Waals surface area contributed by atoms with Gasteiger partial charge < -0.3 is 5.11 Å². The number of rotatable bonds is 5. The predicted molar refractivity (Wildman–Crippen MR) is 84.8 cm³/mol. The molecule has 2 aromatic carbocycles. The summed E-state index contributed by atoms with van der Waals surface area (Å²) >= 11 is 0. The minimum atomic E-state index is -0.970. The summed E-state index contributed by atoms with van der Waals surface area (Å²) in [6, 6.07) is 10.9. The van der Waals surface area contributed by atoms with Crippen LogP contribution in [0.1, 0.15) is 27.6 Å². The second-order valence-electron chi connectivity index (χ2n) is 5.41. The van der Waals surface area contributed by atoms with Gasteiger partial charge in [-0.2, -0.15) is 10.0 Å². The molecule has 0 saturated carbocycles. The van der Waals surface area contributed by atoms with E-state index in [1.165, 1.54) is 4.80 Å². The normalized spacial score (nSPS) is 11.0. The third-order valence-corrected chi connectivity index (χ3v) is 3.68. The van der Waals surface area contributed by atoms with E-state index in [1.807, 2.05) is 24.3 Å². The number of hydrogen-bond acceptors (Lipinski definition) is 7. The number of hydrogen-bond donors (Lipinski definition) is 2. The highest BCUT2D eigenvalue weighted by Gasteiger charge is 2.12. The van der Waals surface area contributed by atoms with Gasteiger partial charge in [0, 0.05) is 0 Å². The Bertz CT molecular complexity index is 1040. The van der Waals surface area contributed by atoms with Gasteiger partial charge >= 0.3 is 5.97 Å². The lowest BCUT2D eigenvalue weighted by molar-refractivity contribution is 0.0699. The summed E-state index contributed by atoms with van der Waals surface area (Å²) < 4.78 is 0. The van der Waals surface area contributed by atoms with Crippen LogP contribution in [0.5, 0.6) is 0 Å². The van der Waals surface area contributed by atoms with Crippen molar-refractivity contribution < 1.29 is 9.90 Å². The van der Waals surface area contributed by atoms with E-state index in [-0.39, 0.29) is 5.56 Å². The maximum Gasteiger partial charge on any atom is 0.336 e. The van der Waals surface area contributed by atoms with Crippen molar-refractivity contribution in [2.24, 2.45) is 0 Å². The SMILES string of the molecule is O=C(O)c1cc(Cn2nnc(Cc3nn[nH]n3)n2)cc2ccccc12. The molecule has 0 aliphatic heterocycles. The third kappa shape index (κ3) is 3.04. The lowest BCUT2D eigenvalue weighted by Crippen LogP contribution is -2.07. The zero-order chi connectivity index (χ0) is 17.2. The third-order valence-electron chi connectivity index (χ3n) is 3.68. The van der Waals surface area contributed by atoms with E-state index in [9.17, 15) is 9.90 Å². The first-order valence-corrected chi connectivity index (χ1v) is 7.43. The lowest BCUT2D eigenvalue weighted by atomic mass is 10.0. The summed E-state index contributed by atoms with van der Waals surface area (Å²) in [5.41, 5.74) is 1.03. The largest absolute Gasteiger partial charge is 0.478 e. The molecule has 0 fully saturated rings. The Hall–Kier alpha value is -3.69. The Morgan fingerprint density at radius 3 is 2.84 bits per heavy atom. The summed E-state index contributed by atoms with van der Waals surface area (Å²) in [4.78, 5) is 12.9. The van der Waals surface area contributed by atoms with E-state index in [1.54, 1.807) is 12.1 Å². The molecule has 0 spiro atoms. The fraction of sp³-hybridized carbons (Fsp3) is 0.133. The van der Waals surface area contributed by atoms with Gasteiger partial charge in [-0.15, -0.1) is 20.4 Å². The highest BCUT2D eigenvalue weighted by molar-refractivity contribution is 6.04. The molecule has 4 aromatic rings. The van der Waals surface area contributed by atoms with Crippen molar-refractivity contribution in [3.8, 4) is 0 Å². The van der Waals surface area contributed by atoms with E-state index >= 15 is 0 Å². The molecular formula is C15H12N8O2. The number of carboxylic acid groups (broad SMARTS) is 1. The number of fused-ring (bicyclic) bond motifs is 1. The zero-order valence-electron chi connectivity index (χ0n) is 12.9. The molecule has 4 rings (SSSR count). The van der Waals surface area contributed by atoms with Crippen molar-refractivity contribution >= 4 is 16.7 Å². The van der Waals surface area contributed by atoms with E-state index < -0.39 is 5.97 Å². The molecule has 0 unspecified atom stereocenters. The van der Waals surface area contributed by atoms with Crippen LogP contribution in [-0.4, -0.2) is 51.9 Å². The average molecular weight is 336 g/mol. The van der Waals surface area contributed by atoms with Crippen LogP contribution in [0.25, 0.3) is 10.8 Å². The highest BCUT2D eigenvalue weighted by atomic mass is 16.4. The maximum atomic E-state index is 11.5. The van der Waals surface area contributed by atoms with Crippen LogP contribution in [0.3, 0.4) is 0 Å². The van der Waals surface area contributed by atoms with Gasteiger partial charge in [0.05, 0.1) is 18.5 Å². The van der Waals surface area contributed by atoms with Crippen LogP contribution < -0.4 is 0 Å². The summed E-state index contributed by atoms with van der Waals surface area (Å²) in [7, 11) is 0. The van der Waals surface area contributed by atoms with Gasteiger partial charge in [-0.25, -0.2) is 4.79 Å². The fourth-order valence-corrected chi connectivity index (χ4v) is 2.62. The van der Waals surface area contributed by atoms with Gasteiger partial charge in [0.1, 0.15) is 0 Å². The number of nitrogens with zero attached hydrogens (tertiary/aromatic N) is 7. The zero-order valence-corrected chi connectivity index (χ0v) is 12.9. The Labute approximate surface area is 140 Å². The molecule has 124 valence electrons. The first-order chi connectivity index (χ1) is 12.2. The molecule has 2 aromatic heterocycles. The molecule has 2 N–H and O–H groups in total. The predicted octanol–water partition coefficient (Wildman–Crippen LogP) is 0.677. The summed E-state index contributed by atoms with van der Waals surface area (Å²) in [6.45, 7) is 0.310. The van der Waals surface area contributed by atoms with E-state index in [0.717, 1.165) is 10.9 Å². The second kappa shape index (κ2) is 6.07. The molecular weight excluding hydrogens is 324 g/mol. The van der Waals surface area contributed by atoms with Crippen LogP contribution in [0.15, 0.2) is 36.4 Å². The van der Waals surface area contributed by atoms with Crippen molar-refractivity contribution in [2.75, 3.05) is 0 Å². The molecule has 2 heterocycles. The maximum absolute atomic E-state index is 11.5. The molecule has 0 amide bonds. The van der Waals surface area contributed by atoms with Crippen molar-refractivity contribution in [3.63, 3.8) is 0 Å². The van der Waals surface area contributed by atoms with E-state index in [2.05, 4.69) is 36.0 Å². The second-order valence-corrected chi connectivity index (χ2v) is 5.41. The molecule has 0 aliphatic rings. The van der Waals surface area contributed by atoms with Crippen LogP contribution in [0.4, 0.5) is 0 Å². The monoisotopic (exact) mass is 336 g/mol. The van der Waals surface area contributed by atoms with Gasteiger partial charge in [-0.1, -0.05) is 29.5 Å². The molecule has 0 atom stereocenters. The Morgan fingerprint density at radius 1 is 1.16 bits per heavy atom. The van der Waals surface area contributed by atoms with Crippen molar-refractivity contribution in [3.05, 3.63) is 59.2 Å².